The summed E-state index contributed by atoms with van der Waals surface area (Å²) in [6, 6.07) is 6.17. The molecule has 0 fully saturated rings. The molecule has 1 N–H and O–H groups in total. The van der Waals surface area contributed by atoms with E-state index >= 15 is 0 Å². The highest BCUT2D eigenvalue weighted by Crippen LogP contribution is 2.26. The quantitative estimate of drug-likeness (QED) is 0.854. The van der Waals surface area contributed by atoms with Gasteiger partial charge < -0.3 is 10.0 Å². The summed E-state index contributed by atoms with van der Waals surface area (Å²) in [6.07, 6.45) is 1.08. The number of benzene rings is 1. The van der Waals surface area contributed by atoms with E-state index in [1.54, 1.807) is 0 Å². The third-order valence-electron chi connectivity index (χ3n) is 2.98. The van der Waals surface area contributed by atoms with E-state index in [0.717, 1.165) is 24.2 Å². The van der Waals surface area contributed by atoms with E-state index in [1.807, 2.05) is 18.2 Å². The molecule has 1 aromatic carbocycles. The molecule has 0 spiro atoms. The highest BCUT2D eigenvalue weighted by molar-refractivity contribution is 6.30. The van der Waals surface area contributed by atoms with Crippen molar-refractivity contribution in [2.45, 2.75) is 39.8 Å². The Labute approximate surface area is 103 Å². The lowest BCUT2D eigenvalue weighted by Gasteiger charge is -2.31. The van der Waals surface area contributed by atoms with Gasteiger partial charge in [-0.05, 0) is 38.5 Å². The molecule has 0 aliphatic carbocycles. The summed E-state index contributed by atoms with van der Waals surface area (Å²) < 4.78 is 0. The van der Waals surface area contributed by atoms with Crippen LogP contribution in [0, 0.1) is 0 Å². The van der Waals surface area contributed by atoms with Crippen molar-refractivity contribution in [2.75, 3.05) is 11.4 Å². The number of hydrogen-bond donors (Lipinski definition) is 1. The van der Waals surface area contributed by atoms with Crippen LogP contribution in [0.25, 0.3) is 0 Å². The molecule has 0 radical (unpaired) electrons. The van der Waals surface area contributed by atoms with E-state index < -0.39 is 0 Å². The number of aliphatic hydroxyl groups excluding tert-OH is 1. The molecule has 1 unspecified atom stereocenters. The average Bonchev–Trinajstić information content (AvgIpc) is 2.31. The molecule has 0 aliphatic heterocycles. The maximum atomic E-state index is 9.36. The Hall–Kier alpha value is -0.730. The van der Waals surface area contributed by atoms with Crippen LogP contribution in [0.2, 0.25) is 5.02 Å². The molecule has 0 saturated carbocycles. The van der Waals surface area contributed by atoms with Gasteiger partial charge in [-0.2, -0.15) is 0 Å². The van der Waals surface area contributed by atoms with E-state index in [9.17, 15) is 5.11 Å². The molecule has 1 rings (SSSR count). The van der Waals surface area contributed by atoms with Gasteiger partial charge in [0.1, 0.15) is 0 Å². The van der Waals surface area contributed by atoms with Crippen molar-refractivity contribution >= 4 is 17.3 Å². The predicted octanol–water partition coefficient (Wildman–Crippen LogP) is 3.46. The van der Waals surface area contributed by atoms with Crippen molar-refractivity contribution in [3.05, 3.63) is 28.8 Å². The first-order valence-electron chi connectivity index (χ1n) is 5.79. The van der Waals surface area contributed by atoms with Gasteiger partial charge in [0.2, 0.25) is 0 Å². The fourth-order valence-corrected chi connectivity index (χ4v) is 2.10. The number of hydrogen-bond acceptors (Lipinski definition) is 2. The van der Waals surface area contributed by atoms with Crippen molar-refractivity contribution in [1.82, 2.24) is 0 Å². The Morgan fingerprint density at radius 2 is 2.06 bits per heavy atom. The van der Waals surface area contributed by atoms with Crippen molar-refractivity contribution in [1.29, 1.82) is 0 Å². The molecule has 0 aromatic heterocycles. The van der Waals surface area contributed by atoms with Crippen LogP contribution in [0.5, 0.6) is 0 Å². The number of halogens is 1. The van der Waals surface area contributed by atoms with Crippen molar-refractivity contribution in [3.63, 3.8) is 0 Å². The molecule has 0 bridgehead atoms. The normalized spacial score (nSPS) is 12.6. The lowest BCUT2D eigenvalue weighted by molar-refractivity contribution is 0.282. The lowest BCUT2D eigenvalue weighted by atomic mass is 10.1. The van der Waals surface area contributed by atoms with Gasteiger partial charge >= 0.3 is 0 Å². The molecule has 0 saturated heterocycles. The van der Waals surface area contributed by atoms with Crippen LogP contribution < -0.4 is 4.90 Å². The summed E-state index contributed by atoms with van der Waals surface area (Å²) in [5, 5.41) is 10.0. The first kappa shape index (κ1) is 13.3. The summed E-state index contributed by atoms with van der Waals surface area (Å²) in [7, 11) is 0. The fraction of sp³-hybridized carbons (Fsp3) is 0.538. The minimum Gasteiger partial charge on any atom is -0.392 e. The second-order valence-electron chi connectivity index (χ2n) is 3.97. The molecule has 1 aromatic rings. The Bertz CT molecular complexity index is 341. The highest BCUT2D eigenvalue weighted by Gasteiger charge is 2.14. The van der Waals surface area contributed by atoms with Gasteiger partial charge in [-0.1, -0.05) is 18.5 Å². The highest BCUT2D eigenvalue weighted by atomic mass is 35.5. The third-order valence-corrected chi connectivity index (χ3v) is 3.22. The number of anilines is 1. The molecule has 3 heteroatoms. The Kier molecular flexibility index (Phi) is 5.10. The van der Waals surface area contributed by atoms with Gasteiger partial charge in [-0.3, -0.25) is 0 Å². The van der Waals surface area contributed by atoms with Crippen LogP contribution in [0.15, 0.2) is 18.2 Å². The number of aliphatic hydroxyl groups is 1. The molecule has 2 nitrogen and oxygen atoms in total. The van der Waals surface area contributed by atoms with Crippen LogP contribution in [-0.4, -0.2) is 17.7 Å². The number of nitrogens with zero attached hydrogens (tertiary/aromatic N) is 1. The summed E-state index contributed by atoms with van der Waals surface area (Å²) >= 11 is 5.93. The van der Waals surface area contributed by atoms with E-state index in [0.29, 0.717) is 11.1 Å². The van der Waals surface area contributed by atoms with E-state index in [1.165, 1.54) is 0 Å². The van der Waals surface area contributed by atoms with Crippen LogP contribution >= 0.6 is 11.6 Å². The summed E-state index contributed by atoms with van der Waals surface area (Å²) in [5.41, 5.74) is 1.98. The summed E-state index contributed by atoms with van der Waals surface area (Å²) in [5.74, 6) is 0. The van der Waals surface area contributed by atoms with Gasteiger partial charge in [0.15, 0.2) is 0 Å². The van der Waals surface area contributed by atoms with Gasteiger partial charge in [-0.25, -0.2) is 0 Å². The van der Waals surface area contributed by atoms with E-state index in [2.05, 4.69) is 25.7 Å². The molecule has 90 valence electrons. The van der Waals surface area contributed by atoms with Gasteiger partial charge in [0, 0.05) is 28.9 Å². The zero-order valence-corrected chi connectivity index (χ0v) is 11.0. The third kappa shape index (κ3) is 2.89. The Morgan fingerprint density at radius 3 is 2.56 bits per heavy atom. The predicted molar refractivity (Wildman–Crippen MR) is 70.1 cm³/mol. The van der Waals surface area contributed by atoms with Crippen molar-refractivity contribution in [2.24, 2.45) is 0 Å². The Balaban J connectivity index is 3.08. The van der Waals surface area contributed by atoms with E-state index in [4.69, 9.17) is 11.6 Å². The maximum absolute atomic E-state index is 9.36. The van der Waals surface area contributed by atoms with Crippen LogP contribution in [0.4, 0.5) is 5.69 Å². The van der Waals surface area contributed by atoms with Gasteiger partial charge in [-0.15, -0.1) is 0 Å². The monoisotopic (exact) mass is 241 g/mol. The molecule has 16 heavy (non-hydrogen) atoms. The average molecular weight is 242 g/mol. The first-order valence-corrected chi connectivity index (χ1v) is 6.17. The zero-order valence-electron chi connectivity index (χ0n) is 10.2. The molecular weight excluding hydrogens is 222 g/mol. The summed E-state index contributed by atoms with van der Waals surface area (Å²) in [4.78, 5) is 2.29. The molecule has 0 amide bonds. The maximum Gasteiger partial charge on any atom is 0.0702 e. The SMILES string of the molecule is CCC(C)N(CC)c1ccc(Cl)cc1CO. The smallest absolute Gasteiger partial charge is 0.0702 e. The van der Waals surface area contributed by atoms with Crippen molar-refractivity contribution < 1.29 is 5.11 Å². The van der Waals surface area contributed by atoms with Crippen LogP contribution in [-0.2, 0) is 6.61 Å². The lowest BCUT2D eigenvalue weighted by Crippen LogP contribution is -2.33. The van der Waals surface area contributed by atoms with Gasteiger partial charge in [0.25, 0.3) is 0 Å². The van der Waals surface area contributed by atoms with E-state index in [-0.39, 0.29) is 6.61 Å². The topological polar surface area (TPSA) is 23.5 Å². The molecule has 0 heterocycles. The first-order chi connectivity index (χ1) is 7.63. The zero-order chi connectivity index (χ0) is 12.1. The van der Waals surface area contributed by atoms with Gasteiger partial charge in [0.05, 0.1) is 6.61 Å². The summed E-state index contributed by atoms with van der Waals surface area (Å²) in [6.45, 7) is 7.45. The minimum absolute atomic E-state index is 0.0306. The van der Waals surface area contributed by atoms with Crippen LogP contribution in [0.1, 0.15) is 32.8 Å². The fourth-order valence-electron chi connectivity index (χ4n) is 1.90. The molecule has 0 aliphatic rings. The molecular formula is C13H20ClNO. The second-order valence-corrected chi connectivity index (χ2v) is 4.41. The van der Waals surface area contributed by atoms with Crippen LogP contribution in [0.3, 0.4) is 0 Å². The standard InChI is InChI=1S/C13H20ClNO/c1-4-10(3)15(5-2)13-7-6-12(14)8-11(13)9-16/h6-8,10,16H,4-5,9H2,1-3H3. The van der Waals surface area contributed by atoms with Crippen molar-refractivity contribution in [3.8, 4) is 0 Å². The largest absolute Gasteiger partial charge is 0.392 e. The Morgan fingerprint density at radius 1 is 1.38 bits per heavy atom. The second kappa shape index (κ2) is 6.12. The number of rotatable bonds is 5. The minimum atomic E-state index is 0.0306. The molecule has 1 atom stereocenters.